The second kappa shape index (κ2) is 3.22. The molecule has 0 aliphatic carbocycles. The molecular weight excluding hydrogens is 148 g/mol. The van der Waals surface area contributed by atoms with E-state index in [9.17, 15) is 0 Å². The fourth-order valence-electron chi connectivity index (χ4n) is 1.12. The van der Waals surface area contributed by atoms with Gasteiger partial charge in [0.2, 0.25) is 0 Å². The van der Waals surface area contributed by atoms with E-state index in [1.807, 2.05) is 29.0 Å². The van der Waals surface area contributed by atoms with Gasteiger partial charge in [0.1, 0.15) is 0 Å². The van der Waals surface area contributed by atoms with Crippen LogP contribution in [0, 0.1) is 6.33 Å². The number of imidazole rings is 1. The molecule has 2 nitrogen and oxygen atoms in total. The molecule has 1 heterocycles. The standard InChI is InChI=1S/C10H9N2/c1-2-4-10(5-3-1)8-12-7-6-11-9-12/h1-7H,8H2. The normalized spacial score (nSPS) is 10.0. The van der Waals surface area contributed by atoms with Crippen LogP contribution in [0.4, 0.5) is 0 Å². The van der Waals surface area contributed by atoms with Crippen LogP contribution in [-0.4, -0.2) is 9.55 Å². The Bertz CT molecular complexity index is 324. The summed E-state index contributed by atoms with van der Waals surface area (Å²) >= 11 is 0. The fourth-order valence-corrected chi connectivity index (χ4v) is 1.12. The Kier molecular flexibility index (Phi) is 1.90. The van der Waals surface area contributed by atoms with Crippen molar-refractivity contribution in [3.63, 3.8) is 0 Å². The summed E-state index contributed by atoms with van der Waals surface area (Å²) in [7, 11) is 0. The van der Waals surface area contributed by atoms with Crippen molar-refractivity contribution in [1.29, 1.82) is 0 Å². The predicted molar refractivity (Wildman–Crippen MR) is 46.6 cm³/mol. The van der Waals surface area contributed by atoms with E-state index in [-0.39, 0.29) is 0 Å². The molecule has 0 unspecified atom stereocenters. The summed E-state index contributed by atoms with van der Waals surface area (Å²) < 4.78 is 1.93. The van der Waals surface area contributed by atoms with E-state index in [1.165, 1.54) is 5.56 Å². The Balaban J connectivity index is 2.15. The molecular formula is C10H9N2. The van der Waals surface area contributed by atoms with Gasteiger partial charge in [-0.3, -0.25) is 0 Å². The van der Waals surface area contributed by atoms with Crippen molar-refractivity contribution < 1.29 is 0 Å². The minimum Gasteiger partial charge on any atom is -0.324 e. The average molecular weight is 157 g/mol. The van der Waals surface area contributed by atoms with Crippen LogP contribution in [0.15, 0.2) is 42.7 Å². The van der Waals surface area contributed by atoms with Crippen molar-refractivity contribution in [1.82, 2.24) is 9.55 Å². The van der Waals surface area contributed by atoms with Crippen LogP contribution in [0.25, 0.3) is 0 Å². The number of hydrogen-bond acceptors (Lipinski definition) is 1. The lowest BCUT2D eigenvalue weighted by Gasteiger charge is -1.99. The maximum absolute atomic E-state index is 3.86. The Morgan fingerprint density at radius 2 is 2.08 bits per heavy atom. The Labute approximate surface area is 71.5 Å². The molecule has 0 fully saturated rings. The van der Waals surface area contributed by atoms with Crippen LogP contribution in [-0.2, 0) is 6.54 Å². The monoisotopic (exact) mass is 157 g/mol. The van der Waals surface area contributed by atoms with Crippen LogP contribution >= 0.6 is 0 Å². The van der Waals surface area contributed by atoms with Crippen molar-refractivity contribution in [2.45, 2.75) is 6.54 Å². The summed E-state index contributed by atoms with van der Waals surface area (Å²) in [4.78, 5) is 3.86. The zero-order valence-electron chi connectivity index (χ0n) is 6.64. The molecule has 59 valence electrons. The number of benzene rings is 1. The smallest absolute Gasteiger partial charge is 0.176 e. The molecule has 0 bridgehead atoms. The van der Waals surface area contributed by atoms with Gasteiger partial charge in [0.15, 0.2) is 6.33 Å². The minimum atomic E-state index is 0.848. The SMILES string of the molecule is [c]1nccn1Cc1ccccc1. The molecule has 0 N–H and O–H groups in total. The molecule has 2 rings (SSSR count). The minimum absolute atomic E-state index is 0.848. The number of hydrogen-bond donors (Lipinski definition) is 0. The molecule has 1 radical (unpaired) electrons. The van der Waals surface area contributed by atoms with Gasteiger partial charge in [-0.15, -0.1) is 0 Å². The van der Waals surface area contributed by atoms with Gasteiger partial charge in [-0.05, 0) is 5.56 Å². The largest absolute Gasteiger partial charge is 0.324 e. The van der Waals surface area contributed by atoms with Gasteiger partial charge >= 0.3 is 0 Å². The summed E-state index contributed by atoms with van der Waals surface area (Å²) in [5, 5.41) is 0. The van der Waals surface area contributed by atoms with Crippen molar-refractivity contribution in [3.8, 4) is 0 Å². The quantitative estimate of drug-likeness (QED) is 0.649. The molecule has 2 heteroatoms. The van der Waals surface area contributed by atoms with Gasteiger partial charge in [0.25, 0.3) is 0 Å². The first-order valence-electron chi connectivity index (χ1n) is 3.88. The molecule has 0 amide bonds. The lowest BCUT2D eigenvalue weighted by Crippen LogP contribution is -1.95. The van der Waals surface area contributed by atoms with Crippen LogP contribution in [0.3, 0.4) is 0 Å². The van der Waals surface area contributed by atoms with Gasteiger partial charge in [-0.1, -0.05) is 30.3 Å². The van der Waals surface area contributed by atoms with E-state index in [0.717, 1.165) is 6.54 Å². The molecule has 2 aromatic rings. The lowest BCUT2D eigenvalue weighted by atomic mass is 10.2. The van der Waals surface area contributed by atoms with Crippen LogP contribution in [0.5, 0.6) is 0 Å². The highest BCUT2D eigenvalue weighted by atomic mass is 15.0. The first kappa shape index (κ1) is 7.10. The van der Waals surface area contributed by atoms with Gasteiger partial charge in [-0.2, -0.15) is 0 Å². The molecule has 1 aromatic carbocycles. The molecule has 0 saturated heterocycles. The highest BCUT2D eigenvalue weighted by molar-refractivity contribution is 5.14. The van der Waals surface area contributed by atoms with Crippen molar-refractivity contribution >= 4 is 0 Å². The van der Waals surface area contributed by atoms with E-state index in [0.29, 0.717) is 0 Å². The summed E-state index contributed by atoms with van der Waals surface area (Å²) in [5.74, 6) is 0. The number of nitrogens with zero attached hydrogens (tertiary/aromatic N) is 2. The third-order valence-electron chi connectivity index (χ3n) is 1.70. The summed E-state index contributed by atoms with van der Waals surface area (Å²) in [6.07, 6.45) is 6.50. The van der Waals surface area contributed by atoms with Gasteiger partial charge in [0.05, 0.1) is 0 Å². The van der Waals surface area contributed by atoms with Crippen molar-refractivity contribution in [3.05, 3.63) is 54.6 Å². The van der Waals surface area contributed by atoms with E-state index < -0.39 is 0 Å². The van der Waals surface area contributed by atoms with Crippen LogP contribution in [0.2, 0.25) is 0 Å². The highest BCUT2D eigenvalue weighted by Crippen LogP contribution is 2.00. The molecule has 1 aromatic heterocycles. The first-order chi connectivity index (χ1) is 5.95. The second-order valence-electron chi connectivity index (χ2n) is 2.64. The first-order valence-corrected chi connectivity index (χ1v) is 3.88. The van der Waals surface area contributed by atoms with Gasteiger partial charge in [0, 0.05) is 18.9 Å². The zero-order valence-corrected chi connectivity index (χ0v) is 6.64. The van der Waals surface area contributed by atoms with Gasteiger partial charge < -0.3 is 4.57 Å². The van der Waals surface area contributed by atoms with Crippen LogP contribution in [0.1, 0.15) is 5.56 Å². The third-order valence-corrected chi connectivity index (χ3v) is 1.70. The van der Waals surface area contributed by atoms with Crippen molar-refractivity contribution in [2.75, 3.05) is 0 Å². The molecule has 0 spiro atoms. The topological polar surface area (TPSA) is 17.8 Å². The maximum atomic E-state index is 3.86. The molecule has 12 heavy (non-hydrogen) atoms. The number of aromatic nitrogens is 2. The average Bonchev–Trinajstić information content (AvgIpc) is 2.59. The summed E-state index contributed by atoms with van der Waals surface area (Å²) in [6, 6.07) is 10.3. The molecule has 0 atom stereocenters. The van der Waals surface area contributed by atoms with E-state index in [1.54, 1.807) is 6.20 Å². The Morgan fingerprint density at radius 1 is 1.25 bits per heavy atom. The fraction of sp³-hybridized carbons (Fsp3) is 0.100. The van der Waals surface area contributed by atoms with Crippen molar-refractivity contribution in [2.24, 2.45) is 0 Å². The Morgan fingerprint density at radius 3 is 2.75 bits per heavy atom. The van der Waals surface area contributed by atoms with Crippen LogP contribution < -0.4 is 0 Å². The maximum Gasteiger partial charge on any atom is 0.176 e. The summed E-state index contributed by atoms with van der Waals surface area (Å²) in [5.41, 5.74) is 1.27. The predicted octanol–water partition coefficient (Wildman–Crippen LogP) is 1.73. The van der Waals surface area contributed by atoms with E-state index >= 15 is 0 Å². The zero-order chi connectivity index (χ0) is 8.23. The molecule has 0 aliphatic heterocycles. The Hall–Kier alpha value is -1.57. The van der Waals surface area contributed by atoms with E-state index in [4.69, 9.17) is 0 Å². The second-order valence-corrected chi connectivity index (χ2v) is 2.64. The molecule has 0 aliphatic rings. The van der Waals surface area contributed by atoms with Gasteiger partial charge in [-0.25, -0.2) is 4.98 Å². The molecule has 0 saturated carbocycles. The lowest BCUT2D eigenvalue weighted by molar-refractivity contribution is 0.790. The highest BCUT2D eigenvalue weighted by Gasteiger charge is 1.91. The summed E-state index contributed by atoms with van der Waals surface area (Å²) in [6.45, 7) is 0.848. The third kappa shape index (κ3) is 1.53. The number of rotatable bonds is 2. The van der Waals surface area contributed by atoms with E-state index in [2.05, 4.69) is 23.4 Å².